The van der Waals surface area contributed by atoms with Gasteiger partial charge in [0.05, 0.1) is 6.26 Å². The molecule has 1 unspecified atom stereocenters. The molecule has 0 saturated heterocycles. The number of nitrogens with one attached hydrogen (secondary N) is 1. The molecule has 27 heavy (non-hydrogen) atoms. The molecule has 0 spiro atoms. The number of carbonyl (C=O) groups is 2. The molecule has 3 aromatic rings. The van der Waals surface area contributed by atoms with Crippen molar-refractivity contribution in [2.45, 2.75) is 19.4 Å². The predicted octanol–water partition coefficient (Wildman–Crippen LogP) is 4.16. The number of rotatable bonds is 8. The first kappa shape index (κ1) is 18.5. The molecule has 0 fully saturated rings. The normalized spacial score (nSPS) is 11.6. The highest BCUT2D eigenvalue weighted by molar-refractivity contribution is 5.95. The topological polar surface area (TPSA) is 68.5 Å². The van der Waals surface area contributed by atoms with Crippen molar-refractivity contribution < 1.29 is 18.7 Å². The van der Waals surface area contributed by atoms with Crippen LogP contribution in [0.15, 0.2) is 77.4 Å². The number of Topliss-reactive ketones (excluding diaryl/α,β-unsaturated/α-hetero) is 1. The average molecular weight is 363 g/mol. The van der Waals surface area contributed by atoms with Gasteiger partial charge in [-0.05, 0) is 42.0 Å². The molecule has 0 aliphatic carbocycles. The summed E-state index contributed by atoms with van der Waals surface area (Å²) < 4.78 is 11.0. The molecular weight excluding hydrogens is 342 g/mol. The molecule has 0 aliphatic heterocycles. The highest BCUT2D eigenvalue weighted by atomic mass is 16.5. The minimum Gasteiger partial charge on any atom is -0.484 e. The van der Waals surface area contributed by atoms with Gasteiger partial charge >= 0.3 is 0 Å². The summed E-state index contributed by atoms with van der Waals surface area (Å²) in [5.74, 6) is 0.987. The lowest BCUT2D eigenvalue weighted by Crippen LogP contribution is -2.33. The number of carbonyl (C=O) groups excluding carboxylic acids is 2. The molecular formula is C22H21NO4. The second kappa shape index (κ2) is 8.85. The summed E-state index contributed by atoms with van der Waals surface area (Å²) in [7, 11) is 0. The fraction of sp³-hybridized carbons (Fsp3) is 0.182. The van der Waals surface area contributed by atoms with Crippen LogP contribution in [0.4, 0.5) is 0 Å². The van der Waals surface area contributed by atoms with Gasteiger partial charge in [0.1, 0.15) is 17.6 Å². The van der Waals surface area contributed by atoms with E-state index < -0.39 is 0 Å². The Morgan fingerprint density at radius 1 is 1.00 bits per heavy atom. The van der Waals surface area contributed by atoms with Crippen LogP contribution in [0.1, 0.15) is 41.1 Å². The van der Waals surface area contributed by atoms with Crippen LogP contribution in [0.5, 0.6) is 5.75 Å². The Morgan fingerprint density at radius 3 is 2.37 bits per heavy atom. The van der Waals surface area contributed by atoms with E-state index in [2.05, 4.69) is 5.32 Å². The molecule has 0 saturated carbocycles. The standard InChI is InChI=1S/C22H21NO4/c1-2-19(24)16-10-12-18(13-11-16)27-15-21(25)23-22(20-9-6-14-26-20)17-7-4-3-5-8-17/h3-14,22H,2,15H2,1H3,(H,23,25). The average Bonchev–Trinajstić information content (AvgIpc) is 3.25. The van der Waals surface area contributed by atoms with Gasteiger partial charge in [-0.3, -0.25) is 9.59 Å². The molecule has 0 bridgehead atoms. The van der Waals surface area contributed by atoms with Crippen LogP contribution in [0.3, 0.4) is 0 Å². The van der Waals surface area contributed by atoms with Gasteiger partial charge in [-0.1, -0.05) is 37.3 Å². The van der Waals surface area contributed by atoms with Gasteiger partial charge in [-0.15, -0.1) is 0 Å². The van der Waals surface area contributed by atoms with Crippen molar-refractivity contribution >= 4 is 11.7 Å². The molecule has 1 aromatic heterocycles. The fourth-order valence-corrected chi connectivity index (χ4v) is 2.71. The first-order chi connectivity index (χ1) is 13.2. The van der Waals surface area contributed by atoms with Crippen LogP contribution in [0.25, 0.3) is 0 Å². The molecule has 0 radical (unpaired) electrons. The molecule has 1 heterocycles. The third-order valence-electron chi connectivity index (χ3n) is 4.13. The maximum absolute atomic E-state index is 12.4. The SMILES string of the molecule is CCC(=O)c1ccc(OCC(=O)NC(c2ccccc2)c2ccco2)cc1. The monoisotopic (exact) mass is 363 g/mol. The Bertz CT molecular complexity index is 870. The quantitative estimate of drug-likeness (QED) is 0.610. The highest BCUT2D eigenvalue weighted by Crippen LogP contribution is 2.22. The molecule has 5 nitrogen and oxygen atoms in total. The highest BCUT2D eigenvalue weighted by Gasteiger charge is 2.19. The lowest BCUT2D eigenvalue weighted by atomic mass is 10.0. The van der Waals surface area contributed by atoms with Crippen LogP contribution < -0.4 is 10.1 Å². The van der Waals surface area contributed by atoms with Crippen molar-refractivity contribution in [3.05, 3.63) is 89.9 Å². The molecule has 138 valence electrons. The summed E-state index contributed by atoms with van der Waals surface area (Å²) in [6, 6.07) is 19.6. The summed E-state index contributed by atoms with van der Waals surface area (Å²) in [6.45, 7) is 1.68. The van der Waals surface area contributed by atoms with E-state index in [0.717, 1.165) is 5.56 Å². The summed E-state index contributed by atoms with van der Waals surface area (Å²) in [5, 5.41) is 2.93. The minimum absolute atomic E-state index is 0.0726. The third kappa shape index (κ3) is 4.85. The Morgan fingerprint density at radius 2 is 1.74 bits per heavy atom. The van der Waals surface area contributed by atoms with Crippen molar-refractivity contribution in [1.82, 2.24) is 5.32 Å². The number of ether oxygens (including phenoxy) is 1. The first-order valence-corrected chi connectivity index (χ1v) is 8.81. The number of ketones is 1. The van der Waals surface area contributed by atoms with Crippen LogP contribution >= 0.6 is 0 Å². The smallest absolute Gasteiger partial charge is 0.258 e. The summed E-state index contributed by atoms with van der Waals surface area (Å²) >= 11 is 0. The second-order valence-electron chi connectivity index (χ2n) is 6.02. The third-order valence-corrected chi connectivity index (χ3v) is 4.13. The van der Waals surface area contributed by atoms with E-state index in [0.29, 0.717) is 23.5 Å². The van der Waals surface area contributed by atoms with E-state index in [1.165, 1.54) is 0 Å². The number of benzene rings is 2. The Balaban J connectivity index is 1.62. The minimum atomic E-state index is -0.387. The lowest BCUT2D eigenvalue weighted by molar-refractivity contribution is -0.123. The van der Waals surface area contributed by atoms with E-state index in [-0.39, 0.29) is 24.3 Å². The zero-order chi connectivity index (χ0) is 19.1. The van der Waals surface area contributed by atoms with E-state index in [4.69, 9.17) is 9.15 Å². The predicted molar refractivity (Wildman–Crippen MR) is 102 cm³/mol. The Labute approximate surface area is 158 Å². The largest absolute Gasteiger partial charge is 0.484 e. The summed E-state index contributed by atoms with van der Waals surface area (Å²) in [5.41, 5.74) is 1.56. The first-order valence-electron chi connectivity index (χ1n) is 8.81. The van der Waals surface area contributed by atoms with Gasteiger partial charge in [-0.25, -0.2) is 0 Å². The zero-order valence-corrected chi connectivity index (χ0v) is 15.1. The number of hydrogen-bond donors (Lipinski definition) is 1. The van der Waals surface area contributed by atoms with Gasteiger partial charge in [0.25, 0.3) is 5.91 Å². The van der Waals surface area contributed by atoms with Crippen molar-refractivity contribution in [2.24, 2.45) is 0 Å². The maximum Gasteiger partial charge on any atom is 0.258 e. The molecule has 2 aromatic carbocycles. The van der Waals surface area contributed by atoms with E-state index in [1.54, 1.807) is 36.6 Å². The van der Waals surface area contributed by atoms with Crippen molar-refractivity contribution in [1.29, 1.82) is 0 Å². The summed E-state index contributed by atoms with van der Waals surface area (Å²) in [4.78, 5) is 24.0. The van der Waals surface area contributed by atoms with Crippen LogP contribution in [0, 0.1) is 0 Å². The number of furan rings is 1. The van der Waals surface area contributed by atoms with E-state index in [1.807, 2.05) is 43.3 Å². The Kier molecular flexibility index (Phi) is 6.05. The molecule has 1 amide bonds. The lowest BCUT2D eigenvalue weighted by Gasteiger charge is -2.17. The van der Waals surface area contributed by atoms with Crippen molar-refractivity contribution in [3.63, 3.8) is 0 Å². The van der Waals surface area contributed by atoms with Crippen molar-refractivity contribution in [2.75, 3.05) is 6.61 Å². The van der Waals surface area contributed by atoms with Gasteiger partial charge in [0.15, 0.2) is 12.4 Å². The molecule has 1 N–H and O–H groups in total. The fourth-order valence-electron chi connectivity index (χ4n) is 2.71. The molecule has 3 rings (SSSR count). The van der Waals surface area contributed by atoms with E-state index >= 15 is 0 Å². The van der Waals surface area contributed by atoms with E-state index in [9.17, 15) is 9.59 Å². The zero-order valence-electron chi connectivity index (χ0n) is 15.1. The van der Waals surface area contributed by atoms with Crippen LogP contribution in [-0.2, 0) is 4.79 Å². The number of amides is 1. The van der Waals surface area contributed by atoms with Gasteiger partial charge in [0.2, 0.25) is 0 Å². The molecule has 5 heteroatoms. The van der Waals surface area contributed by atoms with Gasteiger partial charge in [0, 0.05) is 12.0 Å². The molecule has 1 atom stereocenters. The number of hydrogen-bond acceptors (Lipinski definition) is 4. The molecule has 0 aliphatic rings. The van der Waals surface area contributed by atoms with Crippen molar-refractivity contribution in [3.8, 4) is 5.75 Å². The Hall–Kier alpha value is -3.34. The summed E-state index contributed by atoms with van der Waals surface area (Å²) in [6.07, 6.45) is 2.03. The maximum atomic E-state index is 12.4. The van der Waals surface area contributed by atoms with Crippen LogP contribution in [-0.4, -0.2) is 18.3 Å². The van der Waals surface area contributed by atoms with Crippen LogP contribution in [0.2, 0.25) is 0 Å². The van der Waals surface area contributed by atoms with Gasteiger partial charge < -0.3 is 14.5 Å². The van der Waals surface area contributed by atoms with Gasteiger partial charge in [-0.2, -0.15) is 0 Å². The second-order valence-corrected chi connectivity index (χ2v) is 6.02.